The van der Waals surface area contributed by atoms with Gasteiger partial charge in [-0.25, -0.2) is 4.98 Å². The SMILES string of the molecule is Cc1ccc(NC(=O)c2cn(Cc3ccc(NC(=O)CCC4CCCC4)cc3)cn2)cc1Cl. The molecule has 1 aromatic heterocycles. The van der Waals surface area contributed by atoms with E-state index in [2.05, 4.69) is 15.6 Å². The number of carbonyl (C=O) groups is 2. The topological polar surface area (TPSA) is 76.0 Å². The second-order valence-electron chi connectivity index (χ2n) is 8.78. The number of hydrogen-bond acceptors (Lipinski definition) is 3. The Morgan fingerprint density at radius 1 is 1.06 bits per heavy atom. The van der Waals surface area contributed by atoms with Crippen molar-refractivity contribution in [3.8, 4) is 0 Å². The van der Waals surface area contributed by atoms with E-state index in [1.807, 2.05) is 47.9 Å². The van der Waals surface area contributed by atoms with Crippen molar-refractivity contribution in [2.75, 3.05) is 10.6 Å². The number of carbonyl (C=O) groups excluding carboxylic acids is 2. The zero-order valence-corrected chi connectivity index (χ0v) is 19.6. The number of anilines is 2. The zero-order chi connectivity index (χ0) is 23.2. The number of amides is 2. The standard InChI is InChI=1S/C26H29ClN4O2/c1-18-6-10-22(14-23(18)27)30-26(33)24-16-31(17-28-24)15-20-7-11-21(12-8-20)29-25(32)13-9-19-4-2-3-5-19/h6-8,10-12,14,16-17,19H,2-5,9,13,15H2,1H3,(H,29,32)(H,30,33). The third-order valence-electron chi connectivity index (χ3n) is 6.15. The van der Waals surface area contributed by atoms with Crippen LogP contribution < -0.4 is 10.6 Å². The second kappa shape index (κ2) is 10.7. The summed E-state index contributed by atoms with van der Waals surface area (Å²) in [5, 5.41) is 6.41. The van der Waals surface area contributed by atoms with Gasteiger partial charge in [0.05, 0.1) is 6.33 Å². The Balaban J connectivity index is 1.28. The van der Waals surface area contributed by atoms with Gasteiger partial charge in [-0.3, -0.25) is 9.59 Å². The lowest BCUT2D eigenvalue weighted by Crippen LogP contribution is -2.13. The van der Waals surface area contributed by atoms with Gasteiger partial charge < -0.3 is 15.2 Å². The third-order valence-corrected chi connectivity index (χ3v) is 6.56. The fraction of sp³-hybridized carbons (Fsp3) is 0.346. The van der Waals surface area contributed by atoms with Gasteiger partial charge in [-0.15, -0.1) is 0 Å². The van der Waals surface area contributed by atoms with Crippen molar-refractivity contribution in [1.29, 1.82) is 0 Å². The molecule has 2 aromatic carbocycles. The Kier molecular flexibility index (Phi) is 7.45. The van der Waals surface area contributed by atoms with Crippen molar-refractivity contribution in [1.82, 2.24) is 9.55 Å². The van der Waals surface area contributed by atoms with Crippen LogP contribution in [0.4, 0.5) is 11.4 Å². The average Bonchev–Trinajstić information content (AvgIpc) is 3.49. The van der Waals surface area contributed by atoms with Crippen LogP contribution in [0.2, 0.25) is 5.02 Å². The van der Waals surface area contributed by atoms with Crippen LogP contribution in [0.5, 0.6) is 0 Å². The fourth-order valence-corrected chi connectivity index (χ4v) is 4.37. The quantitative estimate of drug-likeness (QED) is 0.425. The molecule has 7 heteroatoms. The van der Waals surface area contributed by atoms with Crippen LogP contribution in [-0.2, 0) is 11.3 Å². The minimum absolute atomic E-state index is 0.0785. The molecule has 172 valence electrons. The minimum atomic E-state index is -0.288. The molecule has 0 radical (unpaired) electrons. The van der Waals surface area contributed by atoms with Gasteiger partial charge >= 0.3 is 0 Å². The van der Waals surface area contributed by atoms with Crippen LogP contribution in [0, 0.1) is 12.8 Å². The van der Waals surface area contributed by atoms with E-state index in [4.69, 9.17) is 11.6 Å². The normalized spacial score (nSPS) is 13.8. The summed E-state index contributed by atoms with van der Waals surface area (Å²) in [5.74, 6) is 0.508. The van der Waals surface area contributed by atoms with Crippen molar-refractivity contribution in [2.45, 2.75) is 52.0 Å². The van der Waals surface area contributed by atoms with E-state index in [1.54, 1.807) is 18.6 Å². The second-order valence-corrected chi connectivity index (χ2v) is 9.19. The van der Waals surface area contributed by atoms with Gasteiger partial charge in [0.25, 0.3) is 5.91 Å². The molecule has 1 aliphatic carbocycles. The molecule has 2 N–H and O–H groups in total. The number of nitrogens with one attached hydrogen (secondary N) is 2. The van der Waals surface area contributed by atoms with Gasteiger partial charge in [-0.2, -0.15) is 0 Å². The number of aromatic nitrogens is 2. The highest BCUT2D eigenvalue weighted by Gasteiger charge is 2.16. The van der Waals surface area contributed by atoms with Crippen LogP contribution in [0.25, 0.3) is 0 Å². The molecule has 0 unspecified atom stereocenters. The Morgan fingerprint density at radius 3 is 2.52 bits per heavy atom. The third kappa shape index (κ3) is 6.45. The number of benzene rings is 2. The van der Waals surface area contributed by atoms with Gasteiger partial charge in [0.1, 0.15) is 5.69 Å². The minimum Gasteiger partial charge on any atom is -0.332 e. The predicted molar refractivity (Wildman–Crippen MR) is 132 cm³/mol. The number of aryl methyl sites for hydroxylation is 1. The largest absolute Gasteiger partial charge is 0.332 e. The van der Waals surface area contributed by atoms with Crippen molar-refractivity contribution < 1.29 is 9.59 Å². The van der Waals surface area contributed by atoms with E-state index < -0.39 is 0 Å². The zero-order valence-electron chi connectivity index (χ0n) is 18.8. The van der Waals surface area contributed by atoms with E-state index in [-0.39, 0.29) is 11.8 Å². The van der Waals surface area contributed by atoms with Crippen molar-refractivity contribution in [3.63, 3.8) is 0 Å². The maximum Gasteiger partial charge on any atom is 0.275 e. The molecule has 1 heterocycles. The summed E-state index contributed by atoms with van der Waals surface area (Å²) in [6.45, 7) is 2.49. The molecule has 4 rings (SSSR count). The Bertz CT molecular complexity index is 1120. The molecule has 6 nitrogen and oxygen atoms in total. The van der Waals surface area contributed by atoms with E-state index in [0.29, 0.717) is 29.4 Å². The first-order valence-corrected chi connectivity index (χ1v) is 11.8. The molecule has 0 bridgehead atoms. The van der Waals surface area contributed by atoms with Gasteiger partial charge in [0.2, 0.25) is 5.91 Å². The van der Waals surface area contributed by atoms with Crippen LogP contribution in [0.15, 0.2) is 55.0 Å². The van der Waals surface area contributed by atoms with E-state index in [9.17, 15) is 9.59 Å². The van der Waals surface area contributed by atoms with Crippen molar-refractivity contribution in [3.05, 3.63) is 76.8 Å². The summed E-state index contributed by atoms with van der Waals surface area (Å²) in [7, 11) is 0. The van der Waals surface area contributed by atoms with E-state index in [0.717, 1.165) is 29.2 Å². The lowest BCUT2D eigenvalue weighted by molar-refractivity contribution is -0.116. The lowest BCUT2D eigenvalue weighted by atomic mass is 10.0. The monoisotopic (exact) mass is 464 g/mol. The Hall–Kier alpha value is -3.12. The maximum atomic E-state index is 12.5. The van der Waals surface area contributed by atoms with E-state index in [1.165, 1.54) is 25.7 Å². The molecular formula is C26H29ClN4O2. The van der Waals surface area contributed by atoms with E-state index >= 15 is 0 Å². The van der Waals surface area contributed by atoms with Gasteiger partial charge in [-0.05, 0) is 54.7 Å². The summed E-state index contributed by atoms with van der Waals surface area (Å²) in [6.07, 6.45) is 10.1. The highest BCUT2D eigenvalue weighted by atomic mass is 35.5. The number of imidazole rings is 1. The number of halogens is 1. The molecule has 1 fully saturated rings. The molecular weight excluding hydrogens is 436 g/mol. The highest BCUT2D eigenvalue weighted by Crippen LogP contribution is 2.28. The van der Waals surface area contributed by atoms with Crippen LogP contribution in [0.1, 0.15) is 60.1 Å². The molecule has 2 amide bonds. The number of nitrogens with zero attached hydrogens (tertiary/aromatic N) is 2. The average molecular weight is 465 g/mol. The molecule has 1 aliphatic rings. The summed E-state index contributed by atoms with van der Waals surface area (Å²) in [6, 6.07) is 13.2. The summed E-state index contributed by atoms with van der Waals surface area (Å²) >= 11 is 6.12. The molecule has 0 atom stereocenters. The Morgan fingerprint density at radius 2 is 1.79 bits per heavy atom. The highest BCUT2D eigenvalue weighted by molar-refractivity contribution is 6.31. The molecule has 0 saturated heterocycles. The van der Waals surface area contributed by atoms with Crippen molar-refractivity contribution in [2.24, 2.45) is 5.92 Å². The van der Waals surface area contributed by atoms with Gasteiger partial charge in [0.15, 0.2) is 0 Å². The number of hydrogen-bond donors (Lipinski definition) is 2. The first kappa shape index (κ1) is 23.1. The number of rotatable bonds is 8. The molecule has 1 saturated carbocycles. The Labute approximate surface area is 199 Å². The van der Waals surface area contributed by atoms with Crippen LogP contribution >= 0.6 is 11.6 Å². The summed E-state index contributed by atoms with van der Waals surface area (Å²) < 4.78 is 1.85. The summed E-state index contributed by atoms with van der Waals surface area (Å²) in [5.41, 5.74) is 3.77. The van der Waals surface area contributed by atoms with Crippen molar-refractivity contribution >= 4 is 34.8 Å². The fourth-order valence-electron chi connectivity index (χ4n) is 4.19. The first-order valence-electron chi connectivity index (χ1n) is 11.4. The lowest BCUT2D eigenvalue weighted by Gasteiger charge is -2.10. The van der Waals surface area contributed by atoms with Crippen LogP contribution in [-0.4, -0.2) is 21.4 Å². The molecule has 3 aromatic rings. The summed E-state index contributed by atoms with van der Waals surface area (Å²) in [4.78, 5) is 28.9. The maximum absolute atomic E-state index is 12.5. The first-order chi connectivity index (χ1) is 16.0. The van der Waals surface area contributed by atoms with Gasteiger partial charge in [-0.1, -0.05) is 55.5 Å². The van der Waals surface area contributed by atoms with Crippen LogP contribution in [0.3, 0.4) is 0 Å². The van der Waals surface area contributed by atoms with Gasteiger partial charge in [0, 0.05) is 35.6 Å². The predicted octanol–water partition coefficient (Wildman–Crippen LogP) is 6.05. The molecule has 0 spiro atoms. The molecule has 33 heavy (non-hydrogen) atoms. The molecule has 0 aliphatic heterocycles. The smallest absolute Gasteiger partial charge is 0.275 e.